The standard InChI is InChI=1S/C14H18O2S/c1-16-11-4-2-10(3-5-11)14(15)8-12-6-7-13(9-14)17-12/h2-5,12-13,15H,6-9H2,1H3. The smallest absolute Gasteiger partial charge is 0.118 e. The minimum Gasteiger partial charge on any atom is -0.497 e. The molecule has 2 bridgehead atoms. The number of fused-ring (bicyclic) bond motifs is 2. The number of aliphatic hydroxyl groups is 1. The fraction of sp³-hybridized carbons (Fsp3) is 0.571. The third-order valence-corrected chi connectivity index (χ3v) is 5.53. The molecule has 0 spiro atoms. The second-order valence-corrected chi connectivity index (χ2v) is 6.73. The van der Waals surface area contributed by atoms with Gasteiger partial charge in [-0.25, -0.2) is 0 Å². The molecule has 1 aromatic rings. The van der Waals surface area contributed by atoms with Gasteiger partial charge in [-0.15, -0.1) is 0 Å². The van der Waals surface area contributed by atoms with E-state index in [0.29, 0.717) is 10.5 Å². The maximum atomic E-state index is 10.8. The molecule has 1 N–H and O–H groups in total. The molecule has 2 fully saturated rings. The van der Waals surface area contributed by atoms with Gasteiger partial charge in [0.05, 0.1) is 12.7 Å². The average molecular weight is 250 g/mol. The highest BCUT2D eigenvalue weighted by Gasteiger charge is 2.44. The van der Waals surface area contributed by atoms with Crippen LogP contribution in [-0.2, 0) is 5.60 Å². The Morgan fingerprint density at radius 1 is 1.18 bits per heavy atom. The van der Waals surface area contributed by atoms with Gasteiger partial charge in [-0.05, 0) is 43.4 Å². The summed E-state index contributed by atoms with van der Waals surface area (Å²) in [5.41, 5.74) is 0.444. The first-order chi connectivity index (χ1) is 8.19. The van der Waals surface area contributed by atoms with Crippen LogP contribution in [0.3, 0.4) is 0 Å². The normalized spacial score (nSPS) is 35.9. The second kappa shape index (κ2) is 4.21. The van der Waals surface area contributed by atoms with Crippen molar-refractivity contribution in [2.24, 2.45) is 0 Å². The minimum atomic E-state index is -0.608. The van der Waals surface area contributed by atoms with E-state index in [9.17, 15) is 5.11 Å². The van der Waals surface area contributed by atoms with E-state index >= 15 is 0 Å². The molecule has 2 atom stereocenters. The lowest BCUT2D eigenvalue weighted by Crippen LogP contribution is -2.34. The van der Waals surface area contributed by atoms with Crippen LogP contribution in [0.1, 0.15) is 31.2 Å². The maximum Gasteiger partial charge on any atom is 0.118 e. The first-order valence-electron chi connectivity index (χ1n) is 6.22. The summed E-state index contributed by atoms with van der Waals surface area (Å²) >= 11 is 2.07. The number of hydrogen-bond acceptors (Lipinski definition) is 3. The van der Waals surface area contributed by atoms with Crippen LogP contribution in [0.15, 0.2) is 24.3 Å². The minimum absolute atomic E-state index is 0.608. The van der Waals surface area contributed by atoms with E-state index in [4.69, 9.17) is 4.74 Å². The number of ether oxygens (including phenoxy) is 1. The van der Waals surface area contributed by atoms with Crippen LogP contribution in [0, 0.1) is 0 Å². The molecule has 92 valence electrons. The third kappa shape index (κ3) is 2.06. The topological polar surface area (TPSA) is 29.5 Å². The van der Waals surface area contributed by atoms with Gasteiger partial charge in [-0.1, -0.05) is 12.1 Å². The van der Waals surface area contributed by atoms with E-state index in [1.807, 2.05) is 24.3 Å². The molecular formula is C14H18O2S. The summed E-state index contributed by atoms with van der Waals surface area (Å²) in [5, 5.41) is 12.1. The van der Waals surface area contributed by atoms with Crippen LogP contribution in [0.2, 0.25) is 0 Å². The van der Waals surface area contributed by atoms with Crippen LogP contribution in [0.5, 0.6) is 5.75 Å². The Morgan fingerprint density at radius 2 is 1.76 bits per heavy atom. The highest BCUT2D eigenvalue weighted by atomic mass is 32.2. The van der Waals surface area contributed by atoms with Gasteiger partial charge in [-0.2, -0.15) is 11.8 Å². The fourth-order valence-corrected chi connectivity index (χ4v) is 4.89. The van der Waals surface area contributed by atoms with Crippen LogP contribution in [0.4, 0.5) is 0 Å². The van der Waals surface area contributed by atoms with Crippen LogP contribution in [-0.4, -0.2) is 22.7 Å². The summed E-state index contributed by atoms with van der Waals surface area (Å²) in [7, 11) is 1.67. The molecule has 2 aliphatic heterocycles. The van der Waals surface area contributed by atoms with Gasteiger partial charge in [0, 0.05) is 10.5 Å². The number of rotatable bonds is 2. The van der Waals surface area contributed by atoms with Crippen molar-refractivity contribution in [1.29, 1.82) is 0 Å². The summed E-state index contributed by atoms with van der Waals surface area (Å²) in [6.07, 6.45) is 4.35. The Hall–Kier alpha value is -0.670. The third-order valence-electron chi connectivity index (χ3n) is 3.95. The van der Waals surface area contributed by atoms with Gasteiger partial charge in [0.2, 0.25) is 0 Å². The second-order valence-electron chi connectivity index (χ2n) is 5.13. The summed E-state index contributed by atoms with van der Waals surface area (Å²) in [6.45, 7) is 0. The lowest BCUT2D eigenvalue weighted by atomic mass is 9.86. The molecule has 3 rings (SSSR count). The molecule has 0 aliphatic carbocycles. The quantitative estimate of drug-likeness (QED) is 0.875. The van der Waals surface area contributed by atoms with Crippen molar-refractivity contribution < 1.29 is 9.84 Å². The van der Waals surface area contributed by atoms with Crippen LogP contribution >= 0.6 is 11.8 Å². The molecule has 0 aromatic heterocycles. The predicted octanol–water partition coefficient (Wildman–Crippen LogP) is 2.94. The highest BCUT2D eigenvalue weighted by Crippen LogP contribution is 2.51. The Morgan fingerprint density at radius 3 is 2.29 bits per heavy atom. The Bertz CT molecular complexity index is 389. The van der Waals surface area contributed by atoms with Gasteiger partial charge in [0.15, 0.2) is 0 Å². The Labute approximate surface area is 106 Å². The first-order valence-corrected chi connectivity index (χ1v) is 7.16. The van der Waals surface area contributed by atoms with Gasteiger partial charge >= 0.3 is 0 Å². The van der Waals surface area contributed by atoms with Crippen LogP contribution in [0.25, 0.3) is 0 Å². The van der Waals surface area contributed by atoms with E-state index in [-0.39, 0.29) is 0 Å². The van der Waals surface area contributed by atoms with E-state index in [0.717, 1.165) is 24.2 Å². The monoisotopic (exact) mass is 250 g/mol. The zero-order chi connectivity index (χ0) is 11.9. The maximum absolute atomic E-state index is 10.8. The molecule has 2 aliphatic rings. The van der Waals surface area contributed by atoms with E-state index in [1.165, 1.54) is 12.8 Å². The largest absolute Gasteiger partial charge is 0.497 e. The molecule has 2 heterocycles. The predicted molar refractivity (Wildman–Crippen MR) is 70.5 cm³/mol. The van der Waals surface area contributed by atoms with Crippen molar-refractivity contribution in [1.82, 2.24) is 0 Å². The SMILES string of the molecule is COc1ccc(C2(O)CC3CCC(C2)S3)cc1. The lowest BCUT2D eigenvalue weighted by Gasteiger charge is -2.36. The molecule has 1 aromatic carbocycles. The van der Waals surface area contributed by atoms with Gasteiger partial charge in [0.25, 0.3) is 0 Å². The lowest BCUT2D eigenvalue weighted by molar-refractivity contribution is 0.0196. The fourth-order valence-electron chi connectivity index (χ4n) is 3.05. The summed E-state index contributed by atoms with van der Waals surface area (Å²) in [5.74, 6) is 0.852. The van der Waals surface area contributed by atoms with Crippen molar-refractivity contribution in [3.05, 3.63) is 29.8 Å². The summed E-state index contributed by atoms with van der Waals surface area (Å²) < 4.78 is 5.16. The van der Waals surface area contributed by atoms with Crippen LogP contribution < -0.4 is 4.74 Å². The molecular weight excluding hydrogens is 232 g/mol. The molecule has 0 amide bonds. The zero-order valence-electron chi connectivity index (χ0n) is 10.1. The van der Waals surface area contributed by atoms with Gasteiger partial charge < -0.3 is 9.84 Å². The van der Waals surface area contributed by atoms with E-state index < -0.39 is 5.60 Å². The van der Waals surface area contributed by atoms with Crippen molar-refractivity contribution in [2.75, 3.05) is 7.11 Å². The summed E-state index contributed by atoms with van der Waals surface area (Å²) in [4.78, 5) is 0. The van der Waals surface area contributed by atoms with Crippen molar-refractivity contribution in [3.63, 3.8) is 0 Å². The molecule has 17 heavy (non-hydrogen) atoms. The molecule has 0 saturated carbocycles. The van der Waals surface area contributed by atoms with E-state index in [1.54, 1.807) is 7.11 Å². The van der Waals surface area contributed by atoms with Gasteiger partial charge in [0.1, 0.15) is 5.75 Å². The average Bonchev–Trinajstić information content (AvgIpc) is 2.69. The molecule has 3 heteroatoms. The van der Waals surface area contributed by atoms with Crippen molar-refractivity contribution in [2.45, 2.75) is 41.8 Å². The zero-order valence-corrected chi connectivity index (χ0v) is 10.9. The molecule has 0 radical (unpaired) electrons. The Kier molecular flexibility index (Phi) is 2.83. The first kappa shape index (κ1) is 11.4. The van der Waals surface area contributed by atoms with Gasteiger partial charge in [-0.3, -0.25) is 0 Å². The molecule has 2 nitrogen and oxygen atoms in total. The molecule has 2 unspecified atom stereocenters. The Balaban J connectivity index is 1.86. The number of thioether (sulfide) groups is 1. The molecule has 2 saturated heterocycles. The number of methoxy groups -OCH3 is 1. The van der Waals surface area contributed by atoms with Crippen molar-refractivity contribution >= 4 is 11.8 Å². The number of hydrogen-bond donors (Lipinski definition) is 1. The van der Waals surface area contributed by atoms with E-state index in [2.05, 4.69) is 11.8 Å². The highest BCUT2D eigenvalue weighted by molar-refractivity contribution is 8.00. The van der Waals surface area contributed by atoms with Crippen molar-refractivity contribution in [3.8, 4) is 5.75 Å². The number of benzene rings is 1. The summed E-state index contributed by atoms with van der Waals surface area (Å²) in [6, 6.07) is 7.90.